The summed E-state index contributed by atoms with van der Waals surface area (Å²) in [5.74, 6) is 0. The Labute approximate surface area is 142 Å². The van der Waals surface area contributed by atoms with E-state index in [1.807, 2.05) is 12.1 Å². The molecule has 0 aliphatic carbocycles. The molecule has 6 nitrogen and oxygen atoms in total. The van der Waals surface area contributed by atoms with Gasteiger partial charge < -0.3 is 10.0 Å². The second kappa shape index (κ2) is 7.15. The van der Waals surface area contributed by atoms with Gasteiger partial charge in [-0.1, -0.05) is 12.1 Å². The number of anilines is 2. The van der Waals surface area contributed by atoms with Gasteiger partial charge in [0.05, 0.1) is 17.4 Å². The molecule has 0 spiro atoms. The van der Waals surface area contributed by atoms with Crippen LogP contribution < -0.4 is 14.9 Å². The van der Waals surface area contributed by atoms with Gasteiger partial charge in [-0.2, -0.15) is 5.26 Å². The second-order valence-electron chi connectivity index (χ2n) is 5.28. The average Bonchev–Trinajstić information content (AvgIpc) is 3.03. The van der Waals surface area contributed by atoms with Crippen molar-refractivity contribution in [3.05, 3.63) is 54.1 Å². The molecule has 1 aliphatic rings. The largest absolute Gasteiger partial charge is 0.336 e. The van der Waals surface area contributed by atoms with Crippen molar-refractivity contribution >= 4 is 28.4 Å². The number of carbonyl (C=O) groups is 1. The van der Waals surface area contributed by atoms with Crippen LogP contribution in [0.25, 0.3) is 0 Å². The lowest BCUT2D eigenvalue weighted by Crippen LogP contribution is -2.27. The van der Waals surface area contributed by atoms with Crippen molar-refractivity contribution in [1.29, 1.82) is 5.26 Å². The van der Waals surface area contributed by atoms with Gasteiger partial charge in [-0.15, -0.1) is 0 Å². The molecule has 1 heterocycles. The molecule has 1 saturated heterocycles. The lowest BCUT2D eigenvalue weighted by atomic mass is 10.1. The smallest absolute Gasteiger partial charge is 0.321 e. The predicted octanol–water partition coefficient (Wildman–Crippen LogP) is 2.42. The van der Waals surface area contributed by atoms with Crippen molar-refractivity contribution in [2.24, 2.45) is 0 Å². The summed E-state index contributed by atoms with van der Waals surface area (Å²) in [5, 5.41) is 11.4. The maximum Gasteiger partial charge on any atom is 0.321 e. The molecule has 0 radical (unpaired) electrons. The zero-order valence-corrected chi connectivity index (χ0v) is 13.7. The Hall–Kier alpha value is -2.85. The molecule has 2 N–H and O–H groups in total. The lowest BCUT2D eigenvalue weighted by molar-refractivity contribution is 0.252. The van der Waals surface area contributed by atoms with Crippen molar-refractivity contribution in [3.8, 4) is 6.07 Å². The number of urea groups is 1. The van der Waals surface area contributed by atoms with Crippen molar-refractivity contribution in [3.63, 3.8) is 0 Å². The van der Waals surface area contributed by atoms with Crippen LogP contribution in [0, 0.1) is 11.3 Å². The Morgan fingerprint density at radius 2 is 1.88 bits per heavy atom. The normalized spacial score (nSPS) is 14.8. The van der Waals surface area contributed by atoms with Gasteiger partial charge in [0.15, 0.2) is 0 Å². The van der Waals surface area contributed by atoms with Crippen LogP contribution in [0.4, 0.5) is 16.2 Å². The Balaban J connectivity index is 1.66. The summed E-state index contributed by atoms with van der Waals surface area (Å²) in [5.41, 5.74) is 2.42. The summed E-state index contributed by atoms with van der Waals surface area (Å²) in [4.78, 5) is 13.9. The first-order valence-corrected chi connectivity index (χ1v) is 8.62. The van der Waals surface area contributed by atoms with E-state index in [0.29, 0.717) is 24.4 Å². The quantitative estimate of drug-likeness (QED) is 0.876. The van der Waals surface area contributed by atoms with Gasteiger partial charge in [0.25, 0.3) is 0 Å². The van der Waals surface area contributed by atoms with Crippen LogP contribution in [0.3, 0.4) is 0 Å². The predicted molar refractivity (Wildman–Crippen MR) is 93.0 cm³/mol. The molecule has 1 unspecified atom stereocenters. The highest BCUT2D eigenvalue weighted by atomic mass is 32.2. The second-order valence-corrected chi connectivity index (χ2v) is 6.49. The Bertz CT molecular complexity index is 797. The van der Waals surface area contributed by atoms with Crippen molar-refractivity contribution in [2.75, 3.05) is 22.7 Å². The topological polar surface area (TPSA) is 85.2 Å². The Morgan fingerprint density at radius 1 is 1.17 bits per heavy atom. The van der Waals surface area contributed by atoms with Gasteiger partial charge in [0.1, 0.15) is 11.0 Å². The van der Waals surface area contributed by atoms with Gasteiger partial charge in [-0.05, 0) is 42.0 Å². The fourth-order valence-electron chi connectivity index (χ4n) is 2.42. The maximum absolute atomic E-state index is 12.4. The molecule has 1 fully saturated rings. The van der Waals surface area contributed by atoms with Crippen LogP contribution in [0.2, 0.25) is 0 Å². The molecule has 3 rings (SSSR count). The van der Waals surface area contributed by atoms with Crippen LogP contribution in [0.1, 0.15) is 5.56 Å². The molecule has 0 saturated carbocycles. The molecular weight excluding hydrogens is 324 g/mol. The number of nitrogens with zero attached hydrogens (tertiary/aromatic N) is 2. The highest BCUT2D eigenvalue weighted by Crippen LogP contribution is 2.20. The van der Waals surface area contributed by atoms with E-state index < -0.39 is 11.0 Å². The summed E-state index contributed by atoms with van der Waals surface area (Å²) in [6, 6.07) is 16.3. The van der Waals surface area contributed by atoms with Crippen LogP contribution in [0.15, 0.2) is 53.4 Å². The number of benzene rings is 2. The molecule has 122 valence electrons. The maximum atomic E-state index is 12.4. The molecule has 0 bridgehead atoms. The van der Waals surface area contributed by atoms with E-state index in [1.54, 1.807) is 41.3 Å². The molecule has 24 heavy (non-hydrogen) atoms. The fraction of sp³-hybridized carbons (Fsp3) is 0.176. The number of hydrogen-bond donors (Lipinski definition) is 2. The third kappa shape index (κ3) is 3.55. The molecule has 0 aromatic heterocycles. The molecule has 1 aliphatic heterocycles. The summed E-state index contributed by atoms with van der Waals surface area (Å²) < 4.78 is 15.3. The van der Waals surface area contributed by atoms with E-state index in [2.05, 4.69) is 16.1 Å². The summed E-state index contributed by atoms with van der Waals surface area (Å²) in [6.45, 7) is 1.27. The van der Waals surface area contributed by atoms with Crippen molar-refractivity contribution < 1.29 is 9.00 Å². The molecular formula is C17H16N4O2S. The highest BCUT2D eigenvalue weighted by Gasteiger charge is 2.21. The molecule has 1 atom stereocenters. The SMILES string of the molecule is N#CCc1ccc(NS(=O)c2ccc(N3CCNC3=O)cc2)cc1. The monoisotopic (exact) mass is 340 g/mol. The number of nitrogens with one attached hydrogen (secondary N) is 2. The number of carbonyl (C=O) groups excluding carboxylic acids is 1. The molecule has 7 heteroatoms. The van der Waals surface area contributed by atoms with Crippen molar-refractivity contribution in [1.82, 2.24) is 5.32 Å². The first-order chi connectivity index (χ1) is 11.7. The van der Waals surface area contributed by atoms with Gasteiger partial charge in [0.2, 0.25) is 0 Å². The summed E-state index contributed by atoms with van der Waals surface area (Å²) >= 11 is 0. The Kier molecular flexibility index (Phi) is 4.77. The van der Waals surface area contributed by atoms with E-state index >= 15 is 0 Å². The first kappa shape index (κ1) is 16.0. The molecule has 2 amide bonds. The van der Waals surface area contributed by atoms with Crippen LogP contribution in [-0.4, -0.2) is 23.3 Å². The first-order valence-electron chi connectivity index (χ1n) is 7.47. The van der Waals surface area contributed by atoms with Crippen LogP contribution in [0.5, 0.6) is 0 Å². The number of nitriles is 1. The van der Waals surface area contributed by atoms with Gasteiger partial charge >= 0.3 is 6.03 Å². The van der Waals surface area contributed by atoms with E-state index in [4.69, 9.17) is 5.26 Å². The van der Waals surface area contributed by atoms with Gasteiger partial charge in [-0.3, -0.25) is 4.90 Å². The van der Waals surface area contributed by atoms with Gasteiger partial charge in [0, 0.05) is 24.5 Å². The zero-order chi connectivity index (χ0) is 16.9. The minimum atomic E-state index is -1.40. The van der Waals surface area contributed by atoms with Crippen molar-refractivity contribution in [2.45, 2.75) is 11.3 Å². The standard InChI is InChI=1S/C17H16N4O2S/c18-10-9-13-1-3-14(4-2-13)20-24(23)16-7-5-15(6-8-16)21-12-11-19-17(21)22/h1-8,20H,9,11-12H2,(H,19,22). The third-order valence-corrected chi connectivity index (χ3v) is 4.79. The highest BCUT2D eigenvalue weighted by molar-refractivity contribution is 7.86. The fourth-order valence-corrected chi connectivity index (χ4v) is 3.27. The minimum Gasteiger partial charge on any atom is -0.336 e. The third-order valence-electron chi connectivity index (χ3n) is 3.67. The van der Waals surface area contributed by atoms with Crippen LogP contribution in [-0.2, 0) is 17.4 Å². The van der Waals surface area contributed by atoms with E-state index in [1.165, 1.54) is 0 Å². The number of amides is 2. The summed E-state index contributed by atoms with van der Waals surface area (Å²) in [6.07, 6.45) is 0.356. The van der Waals surface area contributed by atoms with E-state index in [9.17, 15) is 9.00 Å². The number of rotatable bonds is 5. The molecule has 2 aromatic rings. The average molecular weight is 340 g/mol. The van der Waals surface area contributed by atoms with Crippen LogP contribution >= 0.6 is 0 Å². The number of hydrogen-bond acceptors (Lipinski definition) is 3. The minimum absolute atomic E-state index is 0.112. The Morgan fingerprint density at radius 3 is 2.46 bits per heavy atom. The molecule has 2 aromatic carbocycles. The zero-order valence-electron chi connectivity index (χ0n) is 12.9. The lowest BCUT2D eigenvalue weighted by Gasteiger charge is -2.14. The summed E-state index contributed by atoms with van der Waals surface area (Å²) in [7, 11) is -1.40. The van der Waals surface area contributed by atoms with E-state index in [0.717, 1.165) is 16.9 Å². The van der Waals surface area contributed by atoms with E-state index in [-0.39, 0.29) is 6.03 Å². The van der Waals surface area contributed by atoms with Gasteiger partial charge in [-0.25, -0.2) is 9.00 Å².